The van der Waals surface area contributed by atoms with E-state index in [1.807, 2.05) is 30.0 Å². The lowest BCUT2D eigenvalue weighted by atomic mass is 9.89. The van der Waals surface area contributed by atoms with Crippen LogP contribution in [0.4, 0.5) is 5.13 Å². The molecular formula is C31H42N6O3S2. The third-order valence-electron chi connectivity index (χ3n) is 7.03. The largest absolute Gasteiger partial charge is 0.353 e. The number of hydrogen-bond acceptors (Lipinski definition) is 7. The summed E-state index contributed by atoms with van der Waals surface area (Å²) in [7, 11) is 0. The maximum atomic E-state index is 13.2. The Morgan fingerprint density at radius 3 is 2.50 bits per heavy atom. The molecule has 3 amide bonds. The van der Waals surface area contributed by atoms with Crippen LogP contribution in [-0.2, 0) is 17.1 Å². The highest BCUT2D eigenvalue weighted by Crippen LogP contribution is 2.31. The molecule has 3 heterocycles. The van der Waals surface area contributed by atoms with Crippen LogP contribution in [0, 0.1) is 12.3 Å². The molecule has 0 bridgehead atoms. The van der Waals surface area contributed by atoms with Crippen LogP contribution in [0.1, 0.15) is 78.7 Å². The first-order valence-corrected chi connectivity index (χ1v) is 16.1. The molecule has 42 heavy (non-hydrogen) atoms. The molecule has 1 unspecified atom stereocenters. The number of anilines is 1. The highest BCUT2D eigenvalue weighted by Gasteiger charge is 2.24. The monoisotopic (exact) mass is 610 g/mol. The van der Waals surface area contributed by atoms with E-state index in [4.69, 9.17) is 0 Å². The molecule has 0 spiro atoms. The molecule has 0 saturated carbocycles. The molecule has 11 heteroatoms. The highest BCUT2D eigenvalue weighted by molar-refractivity contribution is 8.00. The zero-order valence-electron chi connectivity index (χ0n) is 25.4. The quantitative estimate of drug-likeness (QED) is 0.260. The predicted octanol–water partition coefficient (Wildman–Crippen LogP) is 5.54. The number of piperazine rings is 1. The van der Waals surface area contributed by atoms with Crippen molar-refractivity contribution in [3.8, 4) is 0 Å². The van der Waals surface area contributed by atoms with Crippen molar-refractivity contribution in [2.45, 2.75) is 70.5 Å². The Morgan fingerprint density at radius 2 is 1.81 bits per heavy atom. The second kappa shape index (κ2) is 13.9. The summed E-state index contributed by atoms with van der Waals surface area (Å²) in [5, 5.41) is 6.95. The molecule has 1 aliphatic heterocycles. The fourth-order valence-electron chi connectivity index (χ4n) is 5.13. The number of H-pyrrole nitrogens is 1. The molecule has 2 aromatic heterocycles. The SMILES string of the molecule is CC(=O)N1CCN(C(=O)c2cc(C)cc(CSc3cnc(NC(=O)c4ccc(CNC(C)CC(C)(C)C)[nH]4)s3)c2)CC1. The van der Waals surface area contributed by atoms with Crippen molar-refractivity contribution >= 4 is 46.0 Å². The first-order chi connectivity index (χ1) is 19.9. The Bertz CT molecular complexity index is 1400. The average molecular weight is 611 g/mol. The van der Waals surface area contributed by atoms with Crippen LogP contribution < -0.4 is 10.6 Å². The van der Waals surface area contributed by atoms with Gasteiger partial charge in [0.2, 0.25) is 5.91 Å². The number of carbonyl (C=O) groups is 3. The fraction of sp³-hybridized carbons (Fsp3) is 0.484. The summed E-state index contributed by atoms with van der Waals surface area (Å²) in [6.07, 6.45) is 2.83. The van der Waals surface area contributed by atoms with Crippen molar-refractivity contribution in [2.75, 3.05) is 31.5 Å². The van der Waals surface area contributed by atoms with Crippen molar-refractivity contribution < 1.29 is 14.4 Å². The van der Waals surface area contributed by atoms with Crippen molar-refractivity contribution in [1.29, 1.82) is 0 Å². The number of thioether (sulfide) groups is 1. The highest BCUT2D eigenvalue weighted by atomic mass is 32.2. The minimum absolute atomic E-state index is 0.00128. The predicted molar refractivity (Wildman–Crippen MR) is 170 cm³/mol. The van der Waals surface area contributed by atoms with Gasteiger partial charge in [-0.05, 0) is 55.5 Å². The van der Waals surface area contributed by atoms with E-state index in [0.29, 0.717) is 60.9 Å². The van der Waals surface area contributed by atoms with E-state index in [1.54, 1.807) is 35.8 Å². The molecule has 0 radical (unpaired) electrons. The van der Waals surface area contributed by atoms with E-state index in [-0.39, 0.29) is 23.1 Å². The zero-order valence-corrected chi connectivity index (χ0v) is 27.0. The second-order valence-electron chi connectivity index (χ2n) is 12.2. The van der Waals surface area contributed by atoms with E-state index in [1.165, 1.54) is 11.3 Å². The molecule has 1 atom stereocenters. The van der Waals surface area contributed by atoms with E-state index in [0.717, 1.165) is 27.5 Å². The smallest absolute Gasteiger partial charge is 0.273 e. The number of hydrogen-bond donors (Lipinski definition) is 3. The number of amides is 3. The lowest BCUT2D eigenvalue weighted by Gasteiger charge is -2.34. The van der Waals surface area contributed by atoms with E-state index < -0.39 is 0 Å². The minimum Gasteiger partial charge on any atom is -0.353 e. The van der Waals surface area contributed by atoms with Crippen molar-refractivity contribution in [3.63, 3.8) is 0 Å². The Morgan fingerprint density at radius 1 is 1.10 bits per heavy atom. The van der Waals surface area contributed by atoms with Crippen molar-refractivity contribution in [3.05, 3.63) is 64.6 Å². The summed E-state index contributed by atoms with van der Waals surface area (Å²) in [5.41, 5.74) is 4.47. The van der Waals surface area contributed by atoms with Gasteiger partial charge in [-0.15, -0.1) is 11.8 Å². The van der Waals surface area contributed by atoms with Gasteiger partial charge in [0.15, 0.2) is 5.13 Å². The van der Waals surface area contributed by atoms with Gasteiger partial charge in [0.1, 0.15) is 5.69 Å². The molecule has 4 rings (SSSR count). The molecule has 9 nitrogen and oxygen atoms in total. The molecule has 226 valence electrons. The molecule has 0 aliphatic carbocycles. The number of thiazole rings is 1. The fourth-order valence-corrected chi connectivity index (χ4v) is 6.93. The van der Waals surface area contributed by atoms with Crippen LogP contribution in [0.5, 0.6) is 0 Å². The first kappa shape index (κ1) is 31.8. The Balaban J connectivity index is 1.28. The lowest BCUT2D eigenvalue weighted by molar-refractivity contribution is -0.130. The number of carbonyl (C=O) groups excluding carboxylic acids is 3. The summed E-state index contributed by atoms with van der Waals surface area (Å²) in [5.74, 6) is 0.501. The first-order valence-electron chi connectivity index (χ1n) is 14.3. The average Bonchev–Trinajstić information content (AvgIpc) is 3.59. The summed E-state index contributed by atoms with van der Waals surface area (Å²) in [4.78, 5) is 48.8. The molecule has 1 aromatic carbocycles. The van der Waals surface area contributed by atoms with Gasteiger partial charge in [-0.25, -0.2) is 4.98 Å². The van der Waals surface area contributed by atoms with Gasteiger partial charge < -0.3 is 20.1 Å². The van der Waals surface area contributed by atoms with Crippen molar-refractivity contribution in [2.24, 2.45) is 5.41 Å². The van der Waals surface area contributed by atoms with Gasteiger partial charge >= 0.3 is 0 Å². The third kappa shape index (κ3) is 9.17. The minimum atomic E-state index is -0.221. The summed E-state index contributed by atoms with van der Waals surface area (Å²) in [6.45, 7) is 15.3. The van der Waals surface area contributed by atoms with Crippen LogP contribution in [-0.4, -0.2) is 69.7 Å². The Labute approximate surface area is 256 Å². The van der Waals surface area contributed by atoms with Gasteiger partial charge in [-0.1, -0.05) is 43.7 Å². The van der Waals surface area contributed by atoms with Gasteiger partial charge in [0, 0.05) is 62.7 Å². The standard InChI is InChI=1S/C31H42N6O3S2/c1-20-13-23(15-24(14-20)29(40)37-11-9-36(10-12-37)22(3)38)19-41-27-18-33-30(42-27)35-28(39)26-8-7-25(34-26)17-32-21(2)16-31(4,5)6/h7-8,13-15,18,21,32,34H,9-12,16-17,19H2,1-6H3,(H,33,35,39). The molecule has 1 saturated heterocycles. The normalized spacial score (nSPS) is 14.6. The topological polar surface area (TPSA) is 110 Å². The second-order valence-corrected chi connectivity index (χ2v) is 14.5. The molecule has 1 fully saturated rings. The summed E-state index contributed by atoms with van der Waals surface area (Å²) >= 11 is 3.05. The molecular weight excluding hydrogens is 569 g/mol. The molecule has 3 aromatic rings. The Kier molecular flexibility index (Phi) is 10.5. The summed E-state index contributed by atoms with van der Waals surface area (Å²) in [6, 6.07) is 10.1. The van der Waals surface area contributed by atoms with E-state index in [9.17, 15) is 14.4 Å². The van der Waals surface area contributed by atoms with Crippen LogP contribution in [0.3, 0.4) is 0 Å². The van der Waals surface area contributed by atoms with E-state index in [2.05, 4.69) is 54.4 Å². The van der Waals surface area contributed by atoms with E-state index >= 15 is 0 Å². The maximum absolute atomic E-state index is 13.2. The number of nitrogens with one attached hydrogen (secondary N) is 3. The maximum Gasteiger partial charge on any atom is 0.273 e. The molecule has 1 aliphatic rings. The third-order valence-corrected chi connectivity index (χ3v) is 9.21. The molecule has 3 N–H and O–H groups in total. The lowest BCUT2D eigenvalue weighted by Crippen LogP contribution is -2.50. The van der Waals surface area contributed by atoms with Crippen LogP contribution in [0.2, 0.25) is 0 Å². The van der Waals surface area contributed by atoms with Crippen molar-refractivity contribution in [1.82, 2.24) is 25.1 Å². The van der Waals surface area contributed by atoms with Gasteiger partial charge in [0.25, 0.3) is 11.8 Å². The van der Waals surface area contributed by atoms with Crippen LogP contribution >= 0.6 is 23.1 Å². The van der Waals surface area contributed by atoms with Gasteiger partial charge in [-0.3, -0.25) is 19.7 Å². The number of benzene rings is 1. The number of aromatic amines is 1. The van der Waals surface area contributed by atoms with Crippen LogP contribution in [0.25, 0.3) is 0 Å². The number of aromatic nitrogens is 2. The van der Waals surface area contributed by atoms with Gasteiger partial charge in [-0.2, -0.15) is 0 Å². The number of rotatable bonds is 10. The number of nitrogens with zero attached hydrogens (tertiary/aromatic N) is 3. The Hall–Kier alpha value is -3.15. The zero-order chi connectivity index (χ0) is 30.4. The van der Waals surface area contributed by atoms with Crippen LogP contribution in [0.15, 0.2) is 40.7 Å². The number of aryl methyl sites for hydroxylation is 1. The summed E-state index contributed by atoms with van der Waals surface area (Å²) < 4.78 is 0.976. The van der Waals surface area contributed by atoms with Gasteiger partial charge in [0.05, 0.1) is 10.4 Å².